The lowest BCUT2D eigenvalue weighted by Crippen LogP contribution is -2.34. The third kappa shape index (κ3) is 3.90. The van der Waals surface area contributed by atoms with Crippen molar-refractivity contribution >= 4 is 27.5 Å². The molecule has 20 heavy (non-hydrogen) atoms. The maximum absolute atomic E-state index is 12.5. The summed E-state index contributed by atoms with van der Waals surface area (Å²) in [6, 6.07) is 7.16. The Kier molecular flexibility index (Phi) is 4.66. The van der Waals surface area contributed by atoms with E-state index in [4.69, 9.17) is 5.73 Å². The number of benzene rings is 1. The minimum Gasteiger partial charge on any atom is -0.398 e. The van der Waals surface area contributed by atoms with E-state index in [-0.39, 0.29) is 10.5 Å². The van der Waals surface area contributed by atoms with E-state index in [0.29, 0.717) is 24.3 Å². The summed E-state index contributed by atoms with van der Waals surface area (Å²) in [6.45, 7) is 5.52. The Morgan fingerprint density at radius 3 is 2.70 bits per heavy atom. The molecule has 1 aromatic carbocycles. The average molecular weight is 314 g/mol. The maximum Gasteiger partial charge on any atom is 0.218 e. The van der Waals surface area contributed by atoms with Gasteiger partial charge in [-0.2, -0.15) is 11.8 Å². The molecular formula is C14H22N2O2S2. The van der Waals surface area contributed by atoms with Gasteiger partial charge in [-0.05, 0) is 18.1 Å². The lowest BCUT2D eigenvalue weighted by molar-refractivity contribution is 0.415. The average Bonchev–Trinajstić information content (AvgIpc) is 2.53. The van der Waals surface area contributed by atoms with Gasteiger partial charge in [-0.15, -0.1) is 0 Å². The van der Waals surface area contributed by atoms with E-state index < -0.39 is 10.0 Å². The Hall–Kier alpha value is -0.720. The highest BCUT2D eigenvalue weighted by atomic mass is 32.2. The van der Waals surface area contributed by atoms with Crippen molar-refractivity contribution in [3.8, 4) is 0 Å². The first kappa shape index (κ1) is 15.7. The molecule has 1 aliphatic heterocycles. The van der Waals surface area contributed by atoms with Crippen molar-refractivity contribution < 1.29 is 8.42 Å². The number of anilines is 1. The number of para-hydroxylation sites is 1. The van der Waals surface area contributed by atoms with Gasteiger partial charge in [-0.1, -0.05) is 32.0 Å². The molecule has 4 nitrogen and oxygen atoms in total. The van der Waals surface area contributed by atoms with E-state index >= 15 is 0 Å². The van der Waals surface area contributed by atoms with Crippen LogP contribution >= 0.6 is 11.8 Å². The van der Waals surface area contributed by atoms with Gasteiger partial charge in [-0.3, -0.25) is 0 Å². The topological polar surface area (TPSA) is 63.4 Å². The molecule has 0 amide bonds. The summed E-state index contributed by atoms with van der Waals surface area (Å²) in [7, 11) is -3.29. The lowest BCUT2D eigenvalue weighted by Gasteiger charge is -2.22. The Bertz CT molecular complexity index is 570. The monoisotopic (exact) mass is 314 g/mol. The van der Waals surface area contributed by atoms with Crippen LogP contribution in [0.1, 0.15) is 25.8 Å². The van der Waals surface area contributed by atoms with Gasteiger partial charge in [0.2, 0.25) is 10.0 Å². The van der Waals surface area contributed by atoms with Crippen LogP contribution in [0.4, 0.5) is 5.69 Å². The quantitative estimate of drug-likeness (QED) is 0.870. The molecule has 1 aromatic rings. The molecule has 0 aromatic heterocycles. The van der Waals surface area contributed by atoms with E-state index in [9.17, 15) is 8.42 Å². The molecule has 1 aliphatic rings. The maximum atomic E-state index is 12.5. The molecule has 0 bridgehead atoms. The Balaban J connectivity index is 2.13. The van der Waals surface area contributed by atoms with Crippen LogP contribution in [0, 0.1) is 0 Å². The fraction of sp³-hybridized carbons (Fsp3) is 0.571. The number of thioether (sulfide) groups is 1. The van der Waals surface area contributed by atoms with E-state index in [2.05, 4.69) is 13.8 Å². The summed E-state index contributed by atoms with van der Waals surface area (Å²) in [5.74, 6) is 0.835. The third-order valence-corrected chi connectivity index (χ3v) is 6.78. The van der Waals surface area contributed by atoms with E-state index in [1.54, 1.807) is 16.4 Å². The van der Waals surface area contributed by atoms with E-state index in [0.717, 1.165) is 12.2 Å². The van der Waals surface area contributed by atoms with Gasteiger partial charge in [0, 0.05) is 29.3 Å². The fourth-order valence-electron chi connectivity index (χ4n) is 2.23. The highest BCUT2D eigenvalue weighted by Crippen LogP contribution is 2.32. The van der Waals surface area contributed by atoms with Crippen LogP contribution in [0.15, 0.2) is 24.3 Å². The Labute approximate surface area is 125 Å². The summed E-state index contributed by atoms with van der Waals surface area (Å²) < 4.78 is 26.8. The second-order valence-corrected chi connectivity index (χ2v) is 9.48. The summed E-state index contributed by atoms with van der Waals surface area (Å²) in [5.41, 5.74) is 7.07. The van der Waals surface area contributed by atoms with Gasteiger partial charge in [0.05, 0.1) is 5.75 Å². The zero-order chi connectivity index (χ0) is 14.8. The normalized spacial score (nSPS) is 20.5. The van der Waals surface area contributed by atoms with Crippen LogP contribution in [-0.2, 0) is 15.8 Å². The molecule has 2 rings (SSSR count). The minimum absolute atomic E-state index is 0.00916. The smallest absolute Gasteiger partial charge is 0.218 e. The third-order valence-electron chi connectivity index (χ3n) is 3.58. The van der Waals surface area contributed by atoms with Crippen molar-refractivity contribution in [1.29, 1.82) is 0 Å². The number of nitrogens with two attached hydrogens (primary N) is 1. The first-order chi connectivity index (χ1) is 9.30. The van der Waals surface area contributed by atoms with Crippen LogP contribution in [0.25, 0.3) is 0 Å². The molecule has 112 valence electrons. The van der Waals surface area contributed by atoms with Crippen LogP contribution in [0.2, 0.25) is 0 Å². The minimum atomic E-state index is -3.29. The second-order valence-electron chi connectivity index (χ2n) is 5.71. The molecule has 2 N–H and O–H groups in total. The summed E-state index contributed by atoms with van der Waals surface area (Å²) in [6.07, 6.45) is 0.876. The largest absolute Gasteiger partial charge is 0.398 e. The molecule has 1 heterocycles. The van der Waals surface area contributed by atoms with Gasteiger partial charge < -0.3 is 5.73 Å². The van der Waals surface area contributed by atoms with Gasteiger partial charge in [0.1, 0.15) is 0 Å². The van der Waals surface area contributed by atoms with Crippen molar-refractivity contribution in [2.75, 3.05) is 24.6 Å². The molecule has 1 fully saturated rings. The van der Waals surface area contributed by atoms with Crippen molar-refractivity contribution in [3.63, 3.8) is 0 Å². The van der Waals surface area contributed by atoms with Crippen molar-refractivity contribution in [3.05, 3.63) is 29.8 Å². The zero-order valence-corrected chi connectivity index (χ0v) is 13.6. The van der Waals surface area contributed by atoms with Gasteiger partial charge >= 0.3 is 0 Å². The molecule has 6 heteroatoms. The number of hydrogen-bond donors (Lipinski definition) is 1. The summed E-state index contributed by atoms with van der Waals surface area (Å²) >= 11 is 1.84. The standard InChI is InChI=1S/C14H22N2O2S2/c1-14(2)7-8-16(9-10-19-14)20(17,18)11-12-5-3-4-6-13(12)15/h3-6H,7-11,15H2,1-2H3. The van der Waals surface area contributed by atoms with Crippen LogP contribution < -0.4 is 5.73 Å². The molecule has 0 radical (unpaired) electrons. The van der Waals surface area contributed by atoms with E-state index in [1.807, 2.05) is 23.9 Å². The Morgan fingerprint density at radius 1 is 1.30 bits per heavy atom. The van der Waals surface area contributed by atoms with Crippen molar-refractivity contribution in [2.24, 2.45) is 0 Å². The number of hydrogen-bond acceptors (Lipinski definition) is 4. The molecule has 1 saturated heterocycles. The Morgan fingerprint density at radius 2 is 2.00 bits per heavy atom. The second kappa shape index (κ2) is 5.95. The van der Waals surface area contributed by atoms with Gasteiger partial charge in [-0.25, -0.2) is 12.7 Å². The lowest BCUT2D eigenvalue weighted by atomic mass is 10.1. The van der Waals surface area contributed by atoms with Crippen LogP contribution in [0.3, 0.4) is 0 Å². The predicted octanol–water partition coefficient (Wildman–Crippen LogP) is 2.32. The van der Waals surface area contributed by atoms with Crippen LogP contribution in [-0.4, -0.2) is 36.3 Å². The van der Waals surface area contributed by atoms with Crippen LogP contribution in [0.5, 0.6) is 0 Å². The van der Waals surface area contributed by atoms with E-state index in [1.165, 1.54) is 0 Å². The summed E-state index contributed by atoms with van der Waals surface area (Å²) in [4.78, 5) is 0. The number of sulfonamides is 1. The first-order valence-electron chi connectivity index (χ1n) is 6.75. The van der Waals surface area contributed by atoms with Gasteiger partial charge in [0.15, 0.2) is 0 Å². The molecule has 0 atom stereocenters. The van der Waals surface area contributed by atoms with Crippen molar-refractivity contribution in [2.45, 2.75) is 30.8 Å². The molecule has 0 unspecified atom stereocenters. The number of nitrogens with zero attached hydrogens (tertiary/aromatic N) is 1. The first-order valence-corrected chi connectivity index (χ1v) is 9.35. The zero-order valence-electron chi connectivity index (χ0n) is 12.0. The highest BCUT2D eigenvalue weighted by molar-refractivity contribution is 8.00. The number of rotatable bonds is 3. The SMILES string of the molecule is CC1(C)CCN(S(=O)(=O)Cc2ccccc2N)CCS1. The molecular weight excluding hydrogens is 292 g/mol. The van der Waals surface area contributed by atoms with Crippen molar-refractivity contribution in [1.82, 2.24) is 4.31 Å². The molecule has 0 spiro atoms. The van der Waals surface area contributed by atoms with Gasteiger partial charge in [0.25, 0.3) is 0 Å². The fourth-order valence-corrected chi connectivity index (χ4v) is 5.03. The number of nitrogen functional groups attached to an aromatic ring is 1. The predicted molar refractivity (Wildman–Crippen MR) is 86.2 cm³/mol. The molecule has 0 saturated carbocycles. The highest BCUT2D eigenvalue weighted by Gasteiger charge is 2.30. The summed E-state index contributed by atoms with van der Waals surface area (Å²) in [5, 5.41) is 0. The molecule has 0 aliphatic carbocycles.